The van der Waals surface area contributed by atoms with Gasteiger partial charge in [-0.3, -0.25) is 5.10 Å². The van der Waals surface area contributed by atoms with E-state index in [0.29, 0.717) is 5.92 Å². The topological polar surface area (TPSA) is 82.3 Å². The van der Waals surface area contributed by atoms with Gasteiger partial charge < -0.3 is 10.3 Å². The molecule has 4 aromatic heterocycles. The zero-order chi connectivity index (χ0) is 21.7. The normalized spacial score (nSPS) is 15.1. The minimum absolute atomic E-state index is 0.242. The summed E-state index contributed by atoms with van der Waals surface area (Å²) in [5, 5.41) is 12.0. The summed E-state index contributed by atoms with van der Waals surface area (Å²) < 4.78 is 14.1. The van der Waals surface area contributed by atoms with E-state index in [9.17, 15) is 4.39 Å². The van der Waals surface area contributed by atoms with Crippen molar-refractivity contribution in [1.82, 2.24) is 30.5 Å². The molecule has 7 heteroatoms. The van der Waals surface area contributed by atoms with E-state index >= 15 is 0 Å². The van der Waals surface area contributed by atoms with Gasteiger partial charge in [-0.15, -0.1) is 0 Å². The van der Waals surface area contributed by atoms with Crippen molar-refractivity contribution in [3.05, 3.63) is 65.7 Å². The number of hydrogen-bond acceptors (Lipinski definition) is 4. The molecule has 0 saturated carbocycles. The summed E-state index contributed by atoms with van der Waals surface area (Å²) >= 11 is 0. The molecule has 0 unspecified atom stereocenters. The molecule has 0 spiro atoms. The SMILES string of the molecule is Cc1cc(F)cc(-c2ccnc3[nH]c(-c4n[nH]c5ccc(C6CCNCC6)nc45)cc23)c1. The van der Waals surface area contributed by atoms with Crippen molar-refractivity contribution in [3.63, 3.8) is 0 Å². The van der Waals surface area contributed by atoms with Gasteiger partial charge in [-0.25, -0.2) is 14.4 Å². The lowest BCUT2D eigenvalue weighted by Crippen LogP contribution is -2.27. The molecule has 1 saturated heterocycles. The molecule has 32 heavy (non-hydrogen) atoms. The first-order valence-corrected chi connectivity index (χ1v) is 11.0. The van der Waals surface area contributed by atoms with Crippen molar-refractivity contribution in [1.29, 1.82) is 0 Å². The molecule has 1 aliphatic heterocycles. The van der Waals surface area contributed by atoms with E-state index in [4.69, 9.17) is 4.98 Å². The Hall–Kier alpha value is -3.58. The first kappa shape index (κ1) is 19.1. The van der Waals surface area contributed by atoms with E-state index < -0.39 is 0 Å². The van der Waals surface area contributed by atoms with Crippen LogP contribution in [-0.2, 0) is 0 Å². The Labute approximate surface area is 184 Å². The van der Waals surface area contributed by atoms with Gasteiger partial charge in [0.05, 0.1) is 11.2 Å². The molecule has 0 amide bonds. The second kappa shape index (κ2) is 7.53. The number of benzene rings is 1. The Morgan fingerprint density at radius 2 is 1.91 bits per heavy atom. The van der Waals surface area contributed by atoms with Crippen molar-refractivity contribution in [3.8, 4) is 22.5 Å². The fourth-order valence-corrected chi connectivity index (χ4v) is 4.74. The van der Waals surface area contributed by atoms with Crippen LogP contribution in [0.5, 0.6) is 0 Å². The summed E-state index contributed by atoms with van der Waals surface area (Å²) in [6, 6.07) is 13.2. The van der Waals surface area contributed by atoms with Crippen LogP contribution in [0.25, 0.3) is 44.6 Å². The third kappa shape index (κ3) is 3.26. The first-order chi connectivity index (χ1) is 15.7. The lowest BCUT2D eigenvalue weighted by molar-refractivity contribution is 0.454. The van der Waals surface area contributed by atoms with E-state index in [-0.39, 0.29) is 5.82 Å². The molecule has 5 aromatic rings. The molecule has 1 fully saturated rings. The van der Waals surface area contributed by atoms with Gasteiger partial charge in [-0.2, -0.15) is 5.10 Å². The lowest BCUT2D eigenvalue weighted by atomic mass is 9.94. The van der Waals surface area contributed by atoms with Crippen LogP contribution in [0, 0.1) is 12.7 Å². The van der Waals surface area contributed by atoms with Crippen LogP contribution in [-0.4, -0.2) is 38.2 Å². The average Bonchev–Trinajstić information content (AvgIpc) is 3.42. The fourth-order valence-electron chi connectivity index (χ4n) is 4.74. The number of aryl methyl sites for hydroxylation is 1. The molecule has 5 heterocycles. The highest BCUT2D eigenvalue weighted by atomic mass is 19.1. The van der Waals surface area contributed by atoms with Gasteiger partial charge in [0.25, 0.3) is 0 Å². The van der Waals surface area contributed by atoms with Gasteiger partial charge in [-0.05, 0) is 85.9 Å². The number of nitrogens with zero attached hydrogens (tertiary/aromatic N) is 3. The molecule has 6 rings (SSSR count). The maximum absolute atomic E-state index is 14.1. The van der Waals surface area contributed by atoms with Crippen LogP contribution in [0.1, 0.15) is 30.0 Å². The van der Waals surface area contributed by atoms with Crippen LogP contribution in [0.4, 0.5) is 4.39 Å². The van der Waals surface area contributed by atoms with Crippen molar-refractivity contribution < 1.29 is 4.39 Å². The Balaban J connectivity index is 1.47. The molecule has 1 aliphatic rings. The van der Waals surface area contributed by atoms with Gasteiger partial charge in [0.1, 0.15) is 22.7 Å². The molecule has 1 aromatic carbocycles. The van der Waals surface area contributed by atoms with E-state index in [2.05, 4.69) is 37.6 Å². The molecule has 0 atom stereocenters. The standard InChI is InChI=1S/C25H23FN6/c1-14-10-16(12-17(26)11-14)18-6-9-28-25-19(18)13-22(30-25)24-23-21(31-32-24)3-2-20(29-23)15-4-7-27-8-5-15/h2-3,6,9-13,15,27H,4-5,7-8H2,1H3,(H,28,30)(H,31,32). The van der Waals surface area contributed by atoms with E-state index in [0.717, 1.165) is 81.8 Å². The lowest BCUT2D eigenvalue weighted by Gasteiger charge is -2.22. The maximum Gasteiger partial charge on any atom is 0.138 e. The molecule has 0 radical (unpaired) electrons. The number of piperidine rings is 1. The predicted octanol–water partition coefficient (Wildman–Crippen LogP) is 5.08. The number of nitrogens with one attached hydrogen (secondary N) is 3. The van der Waals surface area contributed by atoms with Crippen LogP contribution in [0.15, 0.2) is 48.7 Å². The first-order valence-electron chi connectivity index (χ1n) is 11.0. The van der Waals surface area contributed by atoms with E-state index in [1.54, 1.807) is 12.3 Å². The molecule has 0 bridgehead atoms. The molecule has 160 valence electrons. The van der Waals surface area contributed by atoms with Crippen molar-refractivity contribution in [2.24, 2.45) is 0 Å². The number of fused-ring (bicyclic) bond motifs is 2. The molecule has 0 aliphatic carbocycles. The highest BCUT2D eigenvalue weighted by Gasteiger charge is 2.20. The Kier molecular flexibility index (Phi) is 4.50. The second-order valence-electron chi connectivity index (χ2n) is 8.55. The quantitative estimate of drug-likeness (QED) is 0.376. The third-order valence-corrected chi connectivity index (χ3v) is 6.33. The summed E-state index contributed by atoms with van der Waals surface area (Å²) in [6.07, 6.45) is 3.94. The largest absolute Gasteiger partial charge is 0.338 e. The van der Waals surface area contributed by atoms with Crippen LogP contribution in [0.2, 0.25) is 0 Å². The molecule has 3 N–H and O–H groups in total. The Bertz CT molecular complexity index is 1420. The summed E-state index contributed by atoms with van der Waals surface area (Å²) in [6.45, 7) is 3.95. The van der Waals surface area contributed by atoms with Gasteiger partial charge >= 0.3 is 0 Å². The average molecular weight is 426 g/mol. The minimum atomic E-state index is -0.242. The second-order valence-corrected chi connectivity index (χ2v) is 8.55. The van der Waals surface area contributed by atoms with Crippen LogP contribution in [0.3, 0.4) is 0 Å². The number of halogens is 1. The van der Waals surface area contributed by atoms with Crippen molar-refractivity contribution in [2.45, 2.75) is 25.7 Å². The number of pyridine rings is 2. The Morgan fingerprint density at radius 1 is 1.03 bits per heavy atom. The molecular weight excluding hydrogens is 403 g/mol. The predicted molar refractivity (Wildman–Crippen MR) is 124 cm³/mol. The van der Waals surface area contributed by atoms with Crippen LogP contribution < -0.4 is 5.32 Å². The smallest absolute Gasteiger partial charge is 0.138 e. The van der Waals surface area contributed by atoms with E-state index in [1.165, 1.54) is 6.07 Å². The number of aromatic nitrogens is 5. The summed E-state index contributed by atoms with van der Waals surface area (Å²) in [5.74, 6) is 0.226. The number of aromatic amines is 2. The van der Waals surface area contributed by atoms with Gasteiger partial charge in [-0.1, -0.05) is 6.07 Å². The zero-order valence-electron chi connectivity index (χ0n) is 17.7. The highest BCUT2D eigenvalue weighted by Crippen LogP contribution is 2.34. The van der Waals surface area contributed by atoms with Crippen molar-refractivity contribution >= 4 is 22.1 Å². The Morgan fingerprint density at radius 3 is 2.75 bits per heavy atom. The van der Waals surface area contributed by atoms with Gasteiger partial charge in [0.2, 0.25) is 0 Å². The number of hydrogen-bond donors (Lipinski definition) is 3. The molecular formula is C25H23FN6. The maximum atomic E-state index is 14.1. The molecule has 6 nitrogen and oxygen atoms in total. The fraction of sp³-hybridized carbons (Fsp3) is 0.240. The summed E-state index contributed by atoms with van der Waals surface area (Å²) in [5.41, 5.74) is 7.89. The number of H-pyrrole nitrogens is 2. The highest BCUT2D eigenvalue weighted by molar-refractivity contribution is 5.98. The van der Waals surface area contributed by atoms with Gasteiger partial charge in [0, 0.05) is 23.2 Å². The summed E-state index contributed by atoms with van der Waals surface area (Å²) in [4.78, 5) is 12.9. The van der Waals surface area contributed by atoms with Gasteiger partial charge in [0.15, 0.2) is 0 Å². The summed E-state index contributed by atoms with van der Waals surface area (Å²) in [7, 11) is 0. The van der Waals surface area contributed by atoms with Crippen molar-refractivity contribution in [2.75, 3.05) is 13.1 Å². The minimum Gasteiger partial charge on any atom is -0.338 e. The number of rotatable bonds is 3. The monoisotopic (exact) mass is 426 g/mol. The van der Waals surface area contributed by atoms with Crippen LogP contribution >= 0.6 is 0 Å². The third-order valence-electron chi connectivity index (χ3n) is 6.33. The zero-order valence-corrected chi connectivity index (χ0v) is 17.7. The van der Waals surface area contributed by atoms with E-state index in [1.807, 2.05) is 25.1 Å².